The first-order valence-corrected chi connectivity index (χ1v) is 46.1. The summed E-state index contributed by atoms with van der Waals surface area (Å²) in [4.78, 5) is 210. The Balaban J connectivity index is 0.000000129. The van der Waals surface area contributed by atoms with Gasteiger partial charge in [0.15, 0.2) is 11.6 Å². The molecule has 0 radical (unpaired) electrons. The van der Waals surface area contributed by atoms with Gasteiger partial charge in [0.2, 0.25) is 33.5 Å². The van der Waals surface area contributed by atoms with Crippen molar-refractivity contribution in [2.45, 2.75) is 87.1 Å². The predicted molar refractivity (Wildman–Crippen MR) is 506 cm³/mol. The molecule has 10 N–H and O–H groups in total. The van der Waals surface area contributed by atoms with Gasteiger partial charge in [-0.25, -0.2) is 57.1 Å². The van der Waals surface area contributed by atoms with Crippen LogP contribution < -0.4 is 76.9 Å². The molecule has 10 aromatic rings. The summed E-state index contributed by atoms with van der Waals surface area (Å²) in [7, 11) is 7.57. The number of benzene rings is 6. The van der Waals surface area contributed by atoms with E-state index < -0.39 is 123 Å². The lowest BCUT2D eigenvalue weighted by molar-refractivity contribution is -0.123. The Hall–Kier alpha value is -18.0. The van der Waals surface area contributed by atoms with E-state index in [9.17, 15) is 85.1 Å². The smallest absolute Gasteiger partial charge is 0.323 e. The second kappa shape index (κ2) is 40.8. The number of aromatic nitrogens is 4. The topological polar surface area (TPSA) is 490 Å². The molecule has 5 fully saturated rings. The summed E-state index contributed by atoms with van der Waals surface area (Å²) in [6, 6.07) is 27.2. The molecule has 0 aliphatic carbocycles. The molecule has 0 saturated carbocycles. The number of nitrogens with one attached hydrogen (secondary N) is 10. The molecule has 4 aromatic heterocycles. The number of ether oxygens (including phenoxy) is 5. The van der Waals surface area contributed by atoms with Gasteiger partial charge in [-0.05, 0) is 143 Å². The zero-order valence-corrected chi connectivity index (χ0v) is 79.6. The molecule has 0 spiro atoms. The summed E-state index contributed by atoms with van der Waals surface area (Å²) < 4.78 is 67.2. The number of aryl methyl sites for hydroxylation is 1. The van der Waals surface area contributed by atoms with E-state index in [2.05, 4.69) is 127 Å². The molecule has 0 unspecified atom stereocenters. The molecular weight excluding hydrogens is 1930 g/mol. The van der Waals surface area contributed by atoms with Crippen molar-refractivity contribution in [3.8, 4) is 88.0 Å². The lowest BCUT2D eigenvalue weighted by Crippen LogP contribution is -2.54. The van der Waals surface area contributed by atoms with Crippen molar-refractivity contribution in [2.24, 2.45) is 0 Å². The molecule has 5 saturated heterocycles. The lowest BCUT2D eigenvalue weighted by Gasteiger charge is -2.26. The van der Waals surface area contributed by atoms with Gasteiger partial charge in [-0.2, -0.15) is 11.3 Å². The van der Waals surface area contributed by atoms with E-state index in [1.54, 1.807) is 84.2 Å². The first-order chi connectivity index (χ1) is 69.0. The van der Waals surface area contributed by atoms with Gasteiger partial charge in [0.25, 0.3) is 59.1 Å². The fraction of sp³-hybridized carbons (Fsp3) is 0.242. The van der Waals surface area contributed by atoms with Crippen molar-refractivity contribution in [2.75, 3.05) is 68.3 Å². The number of carbonyl (C=O) groups excluding carboxylic acids is 15. The molecule has 39 nitrogen and oxygen atoms in total. The quantitative estimate of drug-likeness (QED) is 0.0300. The maximum absolute atomic E-state index is 14.0. The minimum atomic E-state index is -1.98. The second-order valence-corrected chi connectivity index (χ2v) is 36.3. The normalized spacial score (nSPS) is 20.1. The van der Waals surface area contributed by atoms with Crippen LogP contribution in [-0.4, -0.2) is 230 Å². The standard InChI is InChI=1S/C21H14F3N3O4.C21H20N4O4S.C19H15N5O4.C19H16N4O4S.C19H15N3O4S/c1-31-12-3-2-11-9-27(18(28)14(11)8-12)10-21(19(29)25-20(30)26-21)7-6-13-15(22)4-5-16(23)17(13)24;1-12(2)17-22-14(10-30-17)6-7-21(19(27)23-20(28)24-21)11-25-9-13-4-5-15(29-3)8-16(13)18(25)26;1-28-13-4-3-12-10-24(16(25)14(12)9-13)11-19(17(26)22-18(27)23-19)6-5-15-20-7-2-8-21-15;1-11-20-13(9-28-11)5-6-19(17(25)21-18(26)22-19)10-23-8-12-3-4-14(27-2)7-15(12)16(23)24;1-26-14-3-2-13-9-22(16(23)15(13)8-14)11-19(17(24)20-18(25)21-19)6-4-12-5-7-27-10-12/h2-5,8H,9-10H2,1H3,(H2,25,26,29,30);4-5,8,10,12H,9,11H2,1-3H3,(H2,23,24,27,28);2-4,7-9H,10-11H2,1H3,(H2,22,23,26,27);3-4,7,9H,8,10H2,1-2H3,(H2,21,22,25,26);2-3,5,7-8,10H,9,11H2,1H3,(H2,20,21,24,25)/t2*21-;3*19-/m11011/s1. The van der Waals surface area contributed by atoms with E-state index in [0.29, 0.717) is 112 Å². The summed E-state index contributed by atoms with van der Waals surface area (Å²) in [6.07, 6.45) is 3.04. The van der Waals surface area contributed by atoms with Gasteiger partial charge in [0, 0.05) is 101 Å². The maximum atomic E-state index is 14.0. The van der Waals surface area contributed by atoms with Crippen LogP contribution in [0.15, 0.2) is 149 Å². The van der Waals surface area contributed by atoms with Crippen LogP contribution in [0.2, 0.25) is 0 Å². The first-order valence-electron chi connectivity index (χ1n) is 43.4. The van der Waals surface area contributed by atoms with E-state index in [4.69, 9.17) is 23.7 Å². The Morgan fingerprint density at radius 1 is 0.375 bits per heavy atom. The number of imide groups is 5. The summed E-state index contributed by atoms with van der Waals surface area (Å²) in [5.74, 6) is 21.7. The Morgan fingerprint density at radius 3 is 0.965 bits per heavy atom. The Bertz CT molecular complexity index is 7450. The molecule has 730 valence electrons. The molecule has 14 heterocycles. The van der Waals surface area contributed by atoms with E-state index in [1.165, 1.54) is 106 Å². The highest BCUT2D eigenvalue weighted by Crippen LogP contribution is 2.36. The van der Waals surface area contributed by atoms with Crippen LogP contribution in [-0.2, 0) is 56.7 Å². The van der Waals surface area contributed by atoms with E-state index >= 15 is 0 Å². The highest BCUT2D eigenvalue weighted by Gasteiger charge is 2.54. The van der Waals surface area contributed by atoms with E-state index in [-0.39, 0.29) is 68.1 Å². The number of thiazole rings is 2. The average Bonchev–Trinajstić information content (AvgIpc) is 1.62. The summed E-state index contributed by atoms with van der Waals surface area (Å²) in [6.45, 7) is 6.61. The summed E-state index contributed by atoms with van der Waals surface area (Å²) in [5, 5.41) is 32.5. The fourth-order valence-corrected chi connectivity index (χ4v) is 18.2. The monoisotopic (exact) mass is 2010 g/mol. The minimum Gasteiger partial charge on any atom is -0.497 e. The van der Waals surface area contributed by atoms with Gasteiger partial charge in [-0.1, -0.05) is 85.6 Å². The number of urea groups is 5. The highest BCUT2D eigenvalue weighted by molar-refractivity contribution is 7.10. The van der Waals surface area contributed by atoms with Crippen LogP contribution in [0.1, 0.15) is 138 Å². The van der Waals surface area contributed by atoms with Gasteiger partial charge < -0.3 is 74.8 Å². The number of amides is 20. The van der Waals surface area contributed by atoms with Crippen LogP contribution in [0, 0.1) is 83.6 Å². The molecule has 0 bridgehead atoms. The molecule has 45 heteroatoms. The zero-order chi connectivity index (χ0) is 102. The van der Waals surface area contributed by atoms with Gasteiger partial charge >= 0.3 is 30.2 Å². The van der Waals surface area contributed by atoms with Gasteiger partial charge in [-0.15, -0.1) is 22.7 Å². The molecule has 10 aliphatic rings. The Kier molecular flexibility index (Phi) is 28.1. The average molecular weight is 2010 g/mol. The van der Waals surface area contributed by atoms with Crippen LogP contribution >= 0.6 is 34.0 Å². The molecule has 5 atom stereocenters. The van der Waals surface area contributed by atoms with Crippen molar-refractivity contribution in [3.63, 3.8) is 0 Å². The predicted octanol–water partition coefficient (Wildman–Crippen LogP) is 6.02. The SMILES string of the molecule is COc1ccc2c(c1)C(=O)N(C[C@@]1(C#Cc3c(F)ccc(F)c3F)NC(=O)NC1=O)C2.COc1ccc2c(c1)C(=O)N(C[C@@]1(C#Cc3ccsc3)NC(=O)NC1=O)C2.COc1ccc2c(c1)C(=O)N(C[C@@]1(C#Cc3csc(C(C)C)n3)NC(=O)NC1=O)C2.COc1ccc2c(c1)C(=O)N(C[C@@]1(C#Cc3csc(C)n3)NC(=O)NC1=O)C2.COc1ccc2c(c1)C(=O)N(C[C@]1(C#Cc3ncccn3)NC(=O)NC1=O)C2. The van der Waals surface area contributed by atoms with Crippen molar-refractivity contribution in [1.82, 2.24) is 97.6 Å². The van der Waals surface area contributed by atoms with Gasteiger partial charge in [0.1, 0.15) is 46.0 Å². The summed E-state index contributed by atoms with van der Waals surface area (Å²) >= 11 is 4.41. The van der Waals surface area contributed by atoms with E-state index in [0.717, 1.165) is 37.8 Å². The van der Waals surface area contributed by atoms with Crippen molar-refractivity contribution in [3.05, 3.63) is 261 Å². The molecular formula is C99H80F3N19O20S3. The highest BCUT2D eigenvalue weighted by atomic mass is 32.1. The first kappa shape index (κ1) is 99.0. The largest absolute Gasteiger partial charge is 0.497 e. The number of methoxy groups -OCH3 is 5. The van der Waals surface area contributed by atoms with Crippen molar-refractivity contribution < 1.29 is 109 Å². The molecule has 20 rings (SSSR count). The zero-order valence-electron chi connectivity index (χ0n) is 77.1. The number of rotatable bonds is 16. The third-order valence-electron chi connectivity index (χ3n) is 23.6. The fourth-order valence-electron chi connectivity index (χ4n) is 16.3. The number of halogens is 3. The van der Waals surface area contributed by atoms with Gasteiger partial charge in [0.05, 0.1) is 83.9 Å². The van der Waals surface area contributed by atoms with Crippen LogP contribution in [0.25, 0.3) is 0 Å². The van der Waals surface area contributed by atoms with Crippen molar-refractivity contribution in [1.29, 1.82) is 0 Å². The third-order valence-corrected chi connectivity index (χ3v) is 26.2. The molecule has 144 heavy (non-hydrogen) atoms. The Labute approximate surface area is 828 Å². The molecule has 6 aromatic carbocycles. The minimum absolute atomic E-state index is 0.0441. The third kappa shape index (κ3) is 20.7. The molecule has 10 aliphatic heterocycles. The maximum Gasteiger partial charge on any atom is 0.323 e. The van der Waals surface area contributed by atoms with E-state index in [1.807, 2.05) is 66.5 Å². The van der Waals surface area contributed by atoms with Gasteiger partial charge in [-0.3, -0.25) is 74.5 Å². The number of thiophene rings is 1. The number of carbonyl (C=O) groups is 15. The number of hydrogen-bond acceptors (Lipinski definition) is 27. The Morgan fingerprint density at radius 2 is 0.681 bits per heavy atom. The number of fused-ring (bicyclic) bond motifs is 5. The van der Waals surface area contributed by atoms with Crippen LogP contribution in [0.4, 0.5) is 37.1 Å². The van der Waals surface area contributed by atoms with Crippen LogP contribution in [0.3, 0.4) is 0 Å². The summed E-state index contributed by atoms with van der Waals surface area (Å²) in [5.41, 5.74) is -0.850. The second-order valence-electron chi connectivity index (χ2n) is 33.5. The van der Waals surface area contributed by atoms with Crippen molar-refractivity contribution >= 4 is 123 Å². The van der Waals surface area contributed by atoms with Crippen LogP contribution in [0.5, 0.6) is 28.7 Å². The number of nitrogens with zero attached hydrogens (tertiary/aromatic N) is 9. The number of hydrogen-bond donors (Lipinski definition) is 10. The lowest BCUT2D eigenvalue weighted by atomic mass is 9.99. The molecule has 20 amide bonds.